The van der Waals surface area contributed by atoms with Crippen LogP contribution < -0.4 is 0 Å². The molecule has 0 saturated heterocycles. The van der Waals surface area contributed by atoms with Crippen LogP contribution in [0.3, 0.4) is 0 Å². The van der Waals surface area contributed by atoms with Crippen molar-refractivity contribution < 1.29 is 5.11 Å². The molecule has 3 fully saturated rings. The summed E-state index contributed by atoms with van der Waals surface area (Å²) in [6, 6.07) is 2.55. The fourth-order valence-corrected chi connectivity index (χ4v) is 4.94. The normalized spacial score (nSPS) is 41.8. The van der Waals surface area contributed by atoms with Crippen LogP contribution in [0.1, 0.15) is 64.2 Å². The lowest BCUT2D eigenvalue weighted by Crippen LogP contribution is -2.40. The Hall–Kier alpha value is -0.550. The van der Waals surface area contributed by atoms with Crippen LogP contribution in [0.4, 0.5) is 0 Å². The minimum Gasteiger partial charge on any atom is -0.391 e. The van der Waals surface area contributed by atoms with Gasteiger partial charge in [-0.3, -0.25) is 0 Å². The SMILES string of the molecule is N#CC1(C(O)CC2CCCCC2)CC2CCC1C2. The van der Waals surface area contributed by atoms with Gasteiger partial charge in [0.15, 0.2) is 0 Å². The summed E-state index contributed by atoms with van der Waals surface area (Å²) in [4.78, 5) is 0. The Labute approximate surface area is 110 Å². The fourth-order valence-electron chi connectivity index (χ4n) is 4.94. The van der Waals surface area contributed by atoms with E-state index in [1.54, 1.807) is 0 Å². The first-order valence-electron chi connectivity index (χ1n) is 7.84. The second-order valence-electron chi connectivity index (χ2n) is 6.99. The molecule has 0 heterocycles. The van der Waals surface area contributed by atoms with Gasteiger partial charge in [0.1, 0.15) is 0 Å². The monoisotopic (exact) mass is 247 g/mol. The molecule has 0 radical (unpaired) electrons. The van der Waals surface area contributed by atoms with Gasteiger partial charge in [-0.15, -0.1) is 0 Å². The first-order chi connectivity index (χ1) is 8.74. The Balaban J connectivity index is 1.66. The van der Waals surface area contributed by atoms with Crippen LogP contribution in [-0.4, -0.2) is 11.2 Å². The molecule has 3 rings (SSSR count). The molecule has 0 aromatic carbocycles. The molecule has 3 aliphatic rings. The lowest BCUT2D eigenvalue weighted by molar-refractivity contribution is 0.00365. The van der Waals surface area contributed by atoms with E-state index in [0.717, 1.165) is 18.8 Å². The lowest BCUT2D eigenvalue weighted by Gasteiger charge is -2.37. The van der Waals surface area contributed by atoms with E-state index in [-0.39, 0.29) is 11.5 Å². The molecule has 2 bridgehead atoms. The van der Waals surface area contributed by atoms with Crippen LogP contribution in [0.15, 0.2) is 0 Å². The highest BCUT2D eigenvalue weighted by Crippen LogP contribution is 2.58. The zero-order valence-electron chi connectivity index (χ0n) is 11.3. The quantitative estimate of drug-likeness (QED) is 0.827. The van der Waals surface area contributed by atoms with Crippen molar-refractivity contribution in [2.24, 2.45) is 23.2 Å². The Bertz CT molecular complexity index is 341. The highest BCUT2D eigenvalue weighted by molar-refractivity contribution is 5.15. The Morgan fingerprint density at radius 2 is 1.94 bits per heavy atom. The molecule has 0 aliphatic heterocycles. The van der Waals surface area contributed by atoms with Gasteiger partial charge in [-0.25, -0.2) is 0 Å². The van der Waals surface area contributed by atoms with Gasteiger partial charge in [-0.2, -0.15) is 5.26 Å². The Kier molecular flexibility index (Phi) is 3.36. The van der Waals surface area contributed by atoms with Gasteiger partial charge in [0, 0.05) is 0 Å². The molecule has 0 spiro atoms. The van der Waals surface area contributed by atoms with Crippen molar-refractivity contribution in [3.05, 3.63) is 0 Å². The highest BCUT2D eigenvalue weighted by atomic mass is 16.3. The standard InChI is InChI=1S/C16H25NO/c17-11-16(10-13-6-7-14(16)8-13)15(18)9-12-4-2-1-3-5-12/h12-15,18H,1-10H2. The third-order valence-electron chi connectivity index (χ3n) is 5.98. The molecule has 4 unspecified atom stereocenters. The highest BCUT2D eigenvalue weighted by Gasteiger charge is 2.55. The average Bonchev–Trinajstić information content (AvgIpc) is 3.00. The number of aliphatic hydroxyl groups excluding tert-OH is 1. The smallest absolute Gasteiger partial charge is 0.0863 e. The molecule has 0 amide bonds. The lowest BCUT2D eigenvalue weighted by atomic mass is 9.67. The molecule has 4 atom stereocenters. The largest absolute Gasteiger partial charge is 0.391 e. The van der Waals surface area contributed by atoms with Crippen molar-refractivity contribution >= 4 is 0 Å². The molecule has 1 N–H and O–H groups in total. The van der Waals surface area contributed by atoms with Crippen LogP contribution in [-0.2, 0) is 0 Å². The first kappa shape index (κ1) is 12.5. The van der Waals surface area contributed by atoms with Crippen molar-refractivity contribution in [3.8, 4) is 6.07 Å². The molecule has 3 aliphatic carbocycles. The van der Waals surface area contributed by atoms with Crippen molar-refractivity contribution in [3.63, 3.8) is 0 Å². The van der Waals surface area contributed by atoms with Crippen LogP contribution in [0.5, 0.6) is 0 Å². The number of hydrogen-bond donors (Lipinski definition) is 1. The number of aliphatic hydroxyl groups is 1. The zero-order chi connectivity index (χ0) is 12.6. The van der Waals surface area contributed by atoms with Gasteiger partial charge in [0.05, 0.1) is 17.6 Å². The first-order valence-corrected chi connectivity index (χ1v) is 7.84. The van der Waals surface area contributed by atoms with Gasteiger partial charge in [-0.1, -0.05) is 38.5 Å². The summed E-state index contributed by atoms with van der Waals surface area (Å²) in [5.41, 5.74) is -0.375. The minimum atomic E-state index is -0.375. The fraction of sp³-hybridized carbons (Fsp3) is 0.938. The molecule has 0 aromatic heterocycles. The third-order valence-corrected chi connectivity index (χ3v) is 5.98. The maximum atomic E-state index is 10.7. The number of rotatable bonds is 3. The van der Waals surface area contributed by atoms with Crippen molar-refractivity contribution in [1.29, 1.82) is 5.26 Å². The summed E-state index contributed by atoms with van der Waals surface area (Å²) in [5.74, 6) is 1.90. The summed E-state index contributed by atoms with van der Waals surface area (Å²) >= 11 is 0. The van der Waals surface area contributed by atoms with E-state index in [1.807, 2.05) is 0 Å². The molecule has 0 aromatic rings. The third kappa shape index (κ3) is 1.97. The Morgan fingerprint density at radius 1 is 1.17 bits per heavy atom. The molecule has 18 heavy (non-hydrogen) atoms. The van der Waals surface area contributed by atoms with Gasteiger partial charge in [0.25, 0.3) is 0 Å². The number of hydrogen-bond acceptors (Lipinski definition) is 2. The topological polar surface area (TPSA) is 44.0 Å². The van der Waals surface area contributed by atoms with Gasteiger partial charge in [0.2, 0.25) is 0 Å². The molecule has 100 valence electrons. The Morgan fingerprint density at radius 3 is 2.50 bits per heavy atom. The number of nitriles is 1. The predicted molar refractivity (Wildman–Crippen MR) is 70.7 cm³/mol. The summed E-state index contributed by atoms with van der Waals surface area (Å²) in [5, 5.41) is 20.3. The predicted octanol–water partition coefficient (Wildman–Crippen LogP) is 3.65. The van der Waals surface area contributed by atoms with E-state index in [9.17, 15) is 10.4 Å². The van der Waals surface area contributed by atoms with E-state index >= 15 is 0 Å². The molecular formula is C16H25NO. The van der Waals surface area contributed by atoms with Crippen molar-refractivity contribution in [2.45, 2.75) is 70.3 Å². The molecule has 2 heteroatoms. The second-order valence-corrected chi connectivity index (χ2v) is 6.99. The maximum absolute atomic E-state index is 10.7. The summed E-state index contributed by atoms with van der Waals surface area (Å²) in [7, 11) is 0. The number of nitrogens with zero attached hydrogens (tertiary/aromatic N) is 1. The zero-order valence-corrected chi connectivity index (χ0v) is 11.3. The molecular weight excluding hydrogens is 222 g/mol. The summed E-state index contributed by atoms with van der Waals surface area (Å²) in [6.07, 6.45) is 11.7. The average molecular weight is 247 g/mol. The van der Waals surface area contributed by atoms with Gasteiger partial charge in [-0.05, 0) is 43.4 Å². The number of fused-ring (bicyclic) bond motifs is 2. The van der Waals surface area contributed by atoms with Crippen LogP contribution >= 0.6 is 0 Å². The second kappa shape index (κ2) is 4.85. The van der Waals surface area contributed by atoms with E-state index in [0.29, 0.717) is 11.8 Å². The van der Waals surface area contributed by atoms with Crippen LogP contribution in [0.25, 0.3) is 0 Å². The van der Waals surface area contributed by atoms with Crippen molar-refractivity contribution in [1.82, 2.24) is 0 Å². The van der Waals surface area contributed by atoms with E-state index in [4.69, 9.17) is 0 Å². The van der Waals surface area contributed by atoms with Crippen molar-refractivity contribution in [2.75, 3.05) is 0 Å². The molecule has 2 nitrogen and oxygen atoms in total. The van der Waals surface area contributed by atoms with Crippen LogP contribution in [0, 0.1) is 34.5 Å². The minimum absolute atomic E-state index is 0.360. The van der Waals surface area contributed by atoms with Crippen LogP contribution in [0.2, 0.25) is 0 Å². The summed E-state index contributed by atoms with van der Waals surface area (Å²) in [6.45, 7) is 0. The van der Waals surface area contributed by atoms with Gasteiger partial charge >= 0.3 is 0 Å². The molecule has 3 saturated carbocycles. The van der Waals surface area contributed by atoms with E-state index in [1.165, 1.54) is 51.4 Å². The van der Waals surface area contributed by atoms with E-state index < -0.39 is 0 Å². The van der Waals surface area contributed by atoms with E-state index in [2.05, 4.69) is 6.07 Å². The maximum Gasteiger partial charge on any atom is 0.0863 e. The summed E-state index contributed by atoms with van der Waals surface area (Å²) < 4.78 is 0. The van der Waals surface area contributed by atoms with Gasteiger partial charge < -0.3 is 5.11 Å².